The molecule has 4 rings (SSSR count). The molecule has 2 aromatic carbocycles. The lowest BCUT2D eigenvalue weighted by Crippen LogP contribution is -3.10. The number of rotatable bonds is 2. The minimum atomic E-state index is 0.882. The zero-order valence-corrected chi connectivity index (χ0v) is 12.6. The number of hydrogen-bond donors (Lipinski definition) is 2. The summed E-state index contributed by atoms with van der Waals surface area (Å²) in [6, 6.07) is 16.8. The summed E-state index contributed by atoms with van der Waals surface area (Å²) in [6.45, 7) is 3.21. The lowest BCUT2D eigenvalue weighted by molar-refractivity contribution is -0.929. The van der Waals surface area contributed by atoms with Gasteiger partial charge >= 0.3 is 0 Å². The molecule has 0 bridgehead atoms. The first-order valence-electron chi connectivity index (χ1n) is 7.47. The van der Waals surface area contributed by atoms with Gasteiger partial charge < -0.3 is 9.88 Å². The average Bonchev–Trinajstić information content (AvgIpc) is 2.87. The smallest absolute Gasteiger partial charge is 0.118 e. The zero-order valence-electron chi connectivity index (χ0n) is 11.8. The highest BCUT2D eigenvalue weighted by Gasteiger charge is 2.23. The van der Waals surface area contributed by atoms with Crippen molar-refractivity contribution in [2.24, 2.45) is 0 Å². The van der Waals surface area contributed by atoms with Crippen LogP contribution in [-0.2, 0) is 19.5 Å². The predicted molar refractivity (Wildman–Crippen MR) is 86.7 cm³/mol. The van der Waals surface area contributed by atoms with Gasteiger partial charge in [0.15, 0.2) is 0 Å². The molecule has 21 heavy (non-hydrogen) atoms. The Balaban J connectivity index is 1.61. The third kappa shape index (κ3) is 2.35. The topological polar surface area (TPSA) is 20.2 Å². The zero-order chi connectivity index (χ0) is 14.2. The van der Waals surface area contributed by atoms with Gasteiger partial charge in [-0.1, -0.05) is 48.0 Å². The van der Waals surface area contributed by atoms with E-state index in [1.165, 1.54) is 34.3 Å². The highest BCUT2D eigenvalue weighted by Crippen LogP contribution is 2.24. The monoisotopic (exact) mass is 297 g/mol. The van der Waals surface area contributed by atoms with E-state index in [2.05, 4.69) is 41.4 Å². The Morgan fingerprint density at radius 1 is 1.05 bits per heavy atom. The third-order valence-corrected chi connectivity index (χ3v) is 4.82. The van der Waals surface area contributed by atoms with E-state index in [0.29, 0.717) is 0 Å². The van der Waals surface area contributed by atoms with Gasteiger partial charge in [0.1, 0.15) is 13.1 Å². The number of hydrogen-bond acceptors (Lipinski definition) is 0. The fourth-order valence-electron chi connectivity index (χ4n) is 3.39. The Bertz CT molecular complexity index is 791. The van der Waals surface area contributed by atoms with E-state index in [1.54, 1.807) is 4.90 Å². The Morgan fingerprint density at radius 3 is 2.76 bits per heavy atom. The summed E-state index contributed by atoms with van der Waals surface area (Å²) >= 11 is 6.29. The van der Waals surface area contributed by atoms with Crippen LogP contribution in [0.1, 0.15) is 16.8 Å². The van der Waals surface area contributed by atoms with Crippen molar-refractivity contribution in [1.29, 1.82) is 0 Å². The van der Waals surface area contributed by atoms with Gasteiger partial charge in [0.25, 0.3) is 0 Å². The summed E-state index contributed by atoms with van der Waals surface area (Å²) < 4.78 is 0. The first-order chi connectivity index (χ1) is 10.3. The minimum Gasteiger partial charge on any atom is -0.354 e. The van der Waals surface area contributed by atoms with Crippen molar-refractivity contribution >= 4 is 22.5 Å². The van der Waals surface area contributed by atoms with E-state index in [-0.39, 0.29) is 0 Å². The molecule has 1 aliphatic rings. The number of para-hydroxylation sites is 1. The normalized spacial score (nSPS) is 17.9. The number of benzene rings is 2. The number of halogens is 1. The maximum Gasteiger partial charge on any atom is 0.118 e. The molecule has 0 saturated carbocycles. The highest BCUT2D eigenvalue weighted by molar-refractivity contribution is 6.31. The van der Waals surface area contributed by atoms with Gasteiger partial charge in [-0.05, 0) is 17.7 Å². The fraction of sp³-hybridized carbons (Fsp3) is 0.222. The van der Waals surface area contributed by atoms with Gasteiger partial charge in [0.05, 0.1) is 12.2 Å². The van der Waals surface area contributed by atoms with Crippen molar-refractivity contribution in [2.45, 2.75) is 19.5 Å². The van der Waals surface area contributed by atoms with Crippen LogP contribution in [0.2, 0.25) is 5.02 Å². The van der Waals surface area contributed by atoms with E-state index >= 15 is 0 Å². The Morgan fingerprint density at radius 2 is 1.86 bits per heavy atom. The average molecular weight is 298 g/mol. The van der Waals surface area contributed by atoms with Gasteiger partial charge in [-0.2, -0.15) is 0 Å². The van der Waals surface area contributed by atoms with Crippen molar-refractivity contribution in [3.05, 3.63) is 70.4 Å². The van der Waals surface area contributed by atoms with Crippen LogP contribution in [0.5, 0.6) is 0 Å². The molecule has 3 heteroatoms. The summed E-state index contributed by atoms with van der Waals surface area (Å²) in [5.74, 6) is 0. The molecule has 0 spiro atoms. The number of aromatic amines is 1. The van der Waals surface area contributed by atoms with Crippen LogP contribution in [0, 0.1) is 0 Å². The van der Waals surface area contributed by atoms with Gasteiger partial charge in [0.2, 0.25) is 0 Å². The molecule has 2 N–H and O–H groups in total. The minimum absolute atomic E-state index is 0.882. The molecule has 106 valence electrons. The number of nitrogens with one attached hydrogen (secondary N) is 2. The Kier molecular flexibility index (Phi) is 3.21. The molecule has 3 aromatic rings. The van der Waals surface area contributed by atoms with Gasteiger partial charge in [-0.25, -0.2) is 0 Å². The molecule has 1 atom stereocenters. The Labute approximate surface area is 129 Å². The van der Waals surface area contributed by atoms with Crippen LogP contribution < -0.4 is 4.90 Å². The summed E-state index contributed by atoms with van der Waals surface area (Å²) in [7, 11) is 0. The van der Waals surface area contributed by atoms with Crippen LogP contribution >= 0.6 is 11.6 Å². The molecule has 2 heterocycles. The highest BCUT2D eigenvalue weighted by atomic mass is 35.5. The first kappa shape index (κ1) is 12.9. The van der Waals surface area contributed by atoms with Crippen LogP contribution in [0.3, 0.4) is 0 Å². The summed E-state index contributed by atoms with van der Waals surface area (Å²) in [5.41, 5.74) is 5.41. The molecular weight excluding hydrogens is 280 g/mol. The molecule has 0 aliphatic carbocycles. The van der Waals surface area contributed by atoms with E-state index in [0.717, 1.165) is 24.5 Å². The quantitative estimate of drug-likeness (QED) is 0.725. The van der Waals surface area contributed by atoms with Gasteiger partial charge in [0, 0.05) is 27.9 Å². The molecule has 0 radical (unpaired) electrons. The maximum absolute atomic E-state index is 6.29. The van der Waals surface area contributed by atoms with Crippen molar-refractivity contribution < 1.29 is 4.90 Å². The summed E-state index contributed by atoms with van der Waals surface area (Å²) in [6.07, 6.45) is 1.14. The van der Waals surface area contributed by atoms with Gasteiger partial charge in [-0.15, -0.1) is 0 Å². The molecular formula is C18H18ClN2+. The van der Waals surface area contributed by atoms with Gasteiger partial charge in [-0.3, -0.25) is 0 Å². The lowest BCUT2D eigenvalue weighted by atomic mass is 10.0. The maximum atomic E-state index is 6.29. The second kappa shape index (κ2) is 5.21. The number of quaternary nitrogens is 1. The van der Waals surface area contributed by atoms with E-state index < -0.39 is 0 Å². The van der Waals surface area contributed by atoms with Crippen LogP contribution in [0.4, 0.5) is 0 Å². The van der Waals surface area contributed by atoms with Crippen molar-refractivity contribution in [3.63, 3.8) is 0 Å². The SMILES string of the molecule is Clc1ccccc1C[NH+]1CCc2c([nH]c3ccccc23)C1. The summed E-state index contributed by atoms with van der Waals surface area (Å²) in [4.78, 5) is 5.16. The third-order valence-electron chi connectivity index (χ3n) is 4.46. The fourth-order valence-corrected chi connectivity index (χ4v) is 3.60. The Hall–Kier alpha value is -1.77. The van der Waals surface area contributed by atoms with Crippen molar-refractivity contribution in [1.82, 2.24) is 4.98 Å². The second-order valence-corrected chi connectivity index (χ2v) is 6.23. The molecule has 1 aromatic heterocycles. The number of aromatic nitrogens is 1. The first-order valence-corrected chi connectivity index (χ1v) is 7.84. The molecule has 0 fully saturated rings. The second-order valence-electron chi connectivity index (χ2n) is 5.82. The van der Waals surface area contributed by atoms with E-state index in [4.69, 9.17) is 11.6 Å². The standard InChI is InChI=1S/C18H17ClN2/c19-16-7-3-1-5-13(16)11-21-10-9-15-14-6-2-4-8-17(14)20-18(15)12-21/h1-8,20H,9-12H2/p+1. The molecule has 2 nitrogen and oxygen atoms in total. The summed E-state index contributed by atoms with van der Waals surface area (Å²) in [5, 5.41) is 2.27. The van der Waals surface area contributed by atoms with Crippen LogP contribution in [0.15, 0.2) is 48.5 Å². The van der Waals surface area contributed by atoms with Crippen LogP contribution in [0.25, 0.3) is 10.9 Å². The number of fused-ring (bicyclic) bond motifs is 3. The lowest BCUT2D eigenvalue weighted by Gasteiger charge is -2.24. The molecule has 0 saturated heterocycles. The van der Waals surface area contributed by atoms with E-state index in [9.17, 15) is 0 Å². The van der Waals surface area contributed by atoms with E-state index in [1.807, 2.05) is 12.1 Å². The number of H-pyrrole nitrogens is 1. The van der Waals surface area contributed by atoms with Crippen molar-refractivity contribution in [2.75, 3.05) is 6.54 Å². The molecule has 1 unspecified atom stereocenters. The molecule has 0 amide bonds. The predicted octanol–water partition coefficient (Wildman–Crippen LogP) is 2.96. The van der Waals surface area contributed by atoms with Crippen molar-refractivity contribution in [3.8, 4) is 0 Å². The van der Waals surface area contributed by atoms with Crippen LogP contribution in [-0.4, -0.2) is 11.5 Å². The largest absolute Gasteiger partial charge is 0.354 e. The molecule has 1 aliphatic heterocycles.